The van der Waals surface area contributed by atoms with Gasteiger partial charge in [0.2, 0.25) is 5.88 Å². The SMILES string of the molecule is CCCOc1cccc(/C=C/C(=O)c2ccc(OCCn3cc(Cn4c(O)c(-c5[nH]c6ccccc6c5N=O)c5ccccc54)nn3)cc2O)c1. The molecule has 7 rings (SSSR count). The molecule has 0 aliphatic rings. The molecule has 256 valence electrons. The molecule has 51 heavy (non-hydrogen) atoms. The van der Waals surface area contributed by atoms with Gasteiger partial charge in [0, 0.05) is 22.4 Å². The third-order valence-corrected chi connectivity index (χ3v) is 8.45. The highest BCUT2D eigenvalue weighted by atomic mass is 16.5. The summed E-state index contributed by atoms with van der Waals surface area (Å²) in [7, 11) is 0. The van der Waals surface area contributed by atoms with E-state index < -0.39 is 0 Å². The van der Waals surface area contributed by atoms with Gasteiger partial charge in [-0.3, -0.25) is 4.79 Å². The molecule has 0 fully saturated rings. The molecule has 0 saturated carbocycles. The van der Waals surface area contributed by atoms with E-state index in [2.05, 4.69) is 20.5 Å². The molecular formula is C39H34N6O6. The molecule has 0 saturated heterocycles. The van der Waals surface area contributed by atoms with Crippen molar-refractivity contribution in [3.63, 3.8) is 0 Å². The van der Waals surface area contributed by atoms with Crippen LogP contribution in [-0.4, -0.2) is 53.8 Å². The number of aromatic hydroxyl groups is 2. The molecule has 0 aliphatic carbocycles. The number of hydrogen-bond donors (Lipinski definition) is 3. The van der Waals surface area contributed by atoms with E-state index in [0.29, 0.717) is 41.2 Å². The molecule has 3 N–H and O–H groups in total. The summed E-state index contributed by atoms with van der Waals surface area (Å²) in [6, 6.07) is 26.9. The lowest BCUT2D eigenvalue weighted by atomic mass is 10.1. The van der Waals surface area contributed by atoms with Crippen LogP contribution >= 0.6 is 0 Å². The molecule has 7 aromatic rings. The van der Waals surface area contributed by atoms with Crippen LogP contribution in [0.15, 0.2) is 108 Å². The van der Waals surface area contributed by atoms with Crippen LogP contribution in [0.25, 0.3) is 39.1 Å². The first-order valence-electron chi connectivity index (χ1n) is 16.5. The van der Waals surface area contributed by atoms with Crippen LogP contribution in [0.3, 0.4) is 0 Å². The van der Waals surface area contributed by atoms with E-state index in [1.165, 1.54) is 18.2 Å². The molecule has 0 bridgehead atoms. The quantitative estimate of drug-likeness (QED) is 0.0592. The maximum Gasteiger partial charge on any atom is 0.202 e. The van der Waals surface area contributed by atoms with Gasteiger partial charge in [-0.2, -0.15) is 0 Å². The van der Waals surface area contributed by atoms with E-state index in [1.54, 1.807) is 27.6 Å². The number of carbonyl (C=O) groups is 1. The van der Waals surface area contributed by atoms with Gasteiger partial charge in [0.15, 0.2) is 5.78 Å². The highest BCUT2D eigenvalue weighted by Gasteiger charge is 2.24. The molecular weight excluding hydrogens is 648 g/mol. The molecule has 3 aromatic heterocycles. The second-order valence-corrected chi connectivity index (χ2v) is 11.9. The van der Waals surface area contributed by atoms with Gasteiger partial charge in [-0.25, -0.2) is 4.68 Å². The van der Waals surface area contributed by atoms with Crippen molar-refractivity contribution in [2.24, 2.45) is 5.18 Å². The van der Waals surface area contributed by atoms with Gasteiger partial charge in [0.05, 0.1) is 48.2 Å². The van der Waals surface area contributed by atoms with E-state index >= 15 is 0 Å². The molecule has 0 amide bonds. The van der Waals surface area contributed by atoms with E-state index in [1.807, 2.05) is 79.7 Å². The fourth-order valence-electron chi connectivity index (χ4n) is 6.04. The Bertz CT molecular complexity index is 2400. The number of ether oxygens (including phenoxy) is 2. The number of ketones is 1. The number of aromatic nitrogens is 5. The summed E-state index contributed by atoms with van der Waals surface area (Å²) in [6.45, 7) is 3.44. The Labute approximate surface area is 292 Å². The summed E-state index contributed by atoms with van der Waals surface area (Å²) in [5.74, 6) is 0.563. The Morgan fingerprint density at radius 3 is 2.53 bits per heavy atom. The van der Waals surface area contributed by atoms with E-state index in [-0.39, 0.29) is 41.8 Å². The summed E-state index contributed by atoms with van der Waals surface area (Å²) in [5.41, 5.74) is 4.21. The minimum atomic E-state index is -0.343. The summed E-state index contributed by atoms with van der Waals surface area (Å²) in [5, 5.41) is 35.3. The van der Waals surface area contributed by atoms with Gasteiger partial charge < -0.3 is 29.2 Å². The molecule has 4 aromatic carbocycles. The third-order valence-electron chi connectivity index (χ3n) is 8.45. The van der Waals surface area contributed by atoms with E-state index in [4.69, 9.17) is 9.47 Å². The predicted molar refractivity (Wildman–Crippen MR) is 195 cm³/mol. The normalized spacial score (nSPS) is 11.5. The molecule has 3 heterocycles. The van der Waals surface area contributed by atoms with Gasteiger partial charge in [0.1, 0.15) is 35.2 Å². The Morgan fingerprint density at radius 1 is 0.922 bits per heavy atom. The highest BCUT2D eigenvalue weighted by molar-refractivity contribution is 6.09. The number of benzene rings is 4. The largest absolute Gasteiger partial charge is 0.507 e. The standard InChI is InChI=1S/C39H34N6O6/c1-2-19-50-27-9-7-8-25(21-27)14-17-34(46)31-16-15-28(22-35(31)47)51-20-18-44-23-26(41-43-44)24-45-33-13-6-4-11-30(33)36(39(45)48)38-37(42-49)29-10-3-5-12-32(29)40-38/h3-17,21-23,40,47-48H,2,18-20,24H2,1H3/b17-14+. The lowest BCUT2D eigenvalue weighted by molar-refractivity contribution is 0.104. The number of nitroso groups, excluding NO2 is 1. The topological polar surface area (TPSA) is 157 Å². The number of fused-ring (bicyclic) bond motifs is 2. The molecule has 12 heteroatoms. The van der Waals surface area contributed by atoms with Crippen molar-refractivity contribution in [1.29, 1.82) is 0 Å². The summed E-state index contributed by atoms with van der Waals surface area (Å²) >= 11 is 0. The molecule has 0 unspecified atom stereocenters. The number of nitrogens with one attached hydrogen (secondary N) is 1. The number of allylic oxidation sites excluding steroid dienone is 1. The van der Waals surface area contributed by atoms with Gasteiger partial charge in [0.25, 0.3) is 0 Å². The van der Waals surface area contributed by atoms with Crippen LogP contribution in [0.5, 0.6) is 23.1 Å². The third kappa shape index (κ3) is 6.79. The van der Waals surface area contributed by atoms with Crippen LogP contribution < -0.4 is 9.47 Å². The second-order valence-electron chi connectivity index (χ2n) is 11.9. The molecule has 0 radical (unpaired) electrons. The van der Waals surface area contributed by atoms with Crippen molar-refractivity contribution in [3.05, 3.63) is 125 Å². The number of aromatic amines is 1. The minimum Gasteiger partial charge on any atom is -0.507 e. The summed E-state index contributed by atoms with van der Waals surface area (Å²) < 4.78 is 14.8. The Kier molecular flexibility index (Phi) is 9.29. The summed E-state index contributed by atoms with van der Waals surface area (Å²) in [6.07, 6.45) is 5.75. The van der Waals surface area contributed by atoms with E-state index in [9.17, 15) is 19.9 Å². The van der Waals surface area contributed by atoms with Crippen LogP contribution in [0.1, 0.15) is 35.0 Å². The van der Waals surface area contributed by atoms with Crippen molar-refractivity contribution < 1.29 is 24.5 Å². The van der Waals surface area contributed by atoms with Crippen LogP contribution in [-0.2, 0) is 13.1 Å². The predicted octanol–water partition coefficient (Wildman–Crippen LogP) is 8.00. The van der Waals surface area contributed by atoms with Gasteiger partial charge in [-0.15, -0.1) is 10.0 Å². The van der Waals surface area contributed by atoms with Crippen LogP contribution in [0.4, 0.5) is 5.69 Å². The van der Waals surface area contributed by atoms with Crippen molar-refractivity contribution in [2.45, 2.75) is 26.4 Å². The minimum absolute atomic E-state index is 0.0334. The monoisotopic (exact) mass is 682 g/mol. The Morgan fingerprint density at radius 2 is 1.71 bits per heavy atom. The van der Waals surface area contributed by atoms with Gasteiger partial charge >= 0.3 is 0 Å². The molecule has 0 aliphatic heterocycles. The number of nitrogens with zero attached hydrogens (tertiary/aromatic N) is 5. The van der Waals surface area contributed by atoms with Crippen LogP contribution in [0, 0.1) is 4.91 Å². The first-order chi connectivity index (χ1) is 24.9. The van der Waals surface area contributed by atoms with E-state index in [0.717, 1.165) is 34.2 Å². The number of phenolic OH excluding ortho intramolecular Hbond substituents is 1. The van der Waals surface area contributed by atoms with Gasteiger partial charge in [-0.1, -0.05) is 66.7 Å². The maximum absolute atomic E-state index is 12.8. The average molecular weight is 683 g/mol. The maximum atomic E-state index is 12.8. The summed E-state index contributed by atoms with van der Waals surface area (Å²) in [4.78, 5) is 28.0. The zero-order valence-corrected chi connectivity index (χ0v) is 27.7. The first kappa shape index (κ1) is 32.8. The van der Waals surface area contributed by atoms with Crippen molar-refractivity contribution in [3.8, 4) is 34.4 Å². The zero-order valence-electron chi connectivity index (χ0n) is 27.7. The fourth-order valence-corrected chi connectivity index (χ4v) is 6.04. The Balaban J connectivity index is 1.00. The van der Waals surface area contributed by atoms with Gasteiger partial charge in [-0.05, 0) is 59.6 Å². The lowest BCUT2D eigenvalue weighted by Gasteiger charge is -2.08. The van der Waals surface area contributed by atoms with Crippen LogP contribution in [0.2, 0.25) is 0 Å². The first-order valence-corrected chi connectivity index (χ1v) is 16.5. The molecule has 0 spiro atoms. The number of H-pyrrole nitrogens is 1. The van der Waals surface area contributed by atoms with Crippen molar-refractivity contribution in [1.82, 2.24) is 24.5 Å². The highest BCUT2D eigenvalue weighted by Crippen LogP contribution is 2.45. The van der Waals surface area contributed by atoms with Crippen molar-refractivity contribution >= 4 is 39.4 Å². The fraction of sp³-hybridized carbons (Fsp3) is 0.154. The Hall–Kier alpha value is -6.69. The number of carbonyl (C=O) groups excluding carboxylic acids is 1. The second kappa shape index (κ2) is 14.4. The average Bonchev–Trinajstić information content (AvgIpc) is 3.83. The number of hydrogen-bond acceptors (Lipinski definition) is 9. The number of rotatable bonds is 14. The smallest absolute Gasteiger partial charge is 0.202 e. The number of para-hydroxylation sites is 2. The molecule has 12 nitrogen and oxygen atoms in total. The molecule has 0 atom stereocenters. The van der Waals surface area contributed by atoms with Crippen molar-refractivity contribution in [2.75, 3.05) is 13.2 Å². The zero-order chi connectivity index (χ0) is 35.3. The number of phenols is 1. The lowest BCUT2D eigenvalue weighted by Crippen LogP contribution is -2.09.